The van der Waals surface area contributed by atoms with E-state index in [1.807, 2.05) is 48.2 Å². The minimum Gasteiger partial charge on any atom is -0.493 e. The first-order valence-electron chi connectivity index (χ1n) is 14.8. The minimum atomic E-state index is -0.585. The zero-order valence-corrected chi connectivity index (χ0v) is 23.8. The Bertz CT molecular complexity index is 1100. The molecule has 3 aliphatic rings. The summed E-state index contributed by atoms with van der Waals surface area (Å²) in [5.41, 5.74) is 1.63. The summed E-state index contributed by atoms with van der Waals surface area (Å²) in [6.07, 6.45) is 8.52. The fraction of sp³-hybridized carbons (Fsp3) is 0.606. The molecule has 2 aromatic carbocycles. The van der Waals surface area contributed by atoms with E-state index < -0.39 is 11.5 Å². The number of carbonyl (C=O) groups excluding carboxylic acids is 1. The number of fused-ring (bicyclic) bond motifs is 1. The molecule has 1 amide bonds. The average molecular weight is 536 g/mol. The van der Waals surface area contributed by atoms with E-state index in [2.05, 4.69) is 19.1 Å². The van der Waals surface area contributed by atoms with E-state index in [0.717, 1.165) is 47.3 Å². The van der Waals surface area contributed by atoms with Gasteiger partial charge >= 0.3 is 0 Å². The van der Waals surface area contributed by atoms with Crippen LogP contribution in [0.1, 0.15) is 75.8 Å². The molecule has 1 N–H and O–H groups in total. The Morgan fingerprint density at radius 3 is 2.56 bits per heavy atom. The number of ether oxygens (including phenoxy) is 3. The van der Waals surface area contributed by atoms with E-state index in [1.54, 1.807) is 7.11 Å². The van der Waals surface area contributed by atoms with Crippen LogP contribution < -0.4 is 9.47 Å². The van der Waals surface area contributed by atoms with E-state index in [0.29, 0.717) is 19.7 Å². The molecule has 0 spiro atoms. The molecule has 3 unspecified atom stereocenters. The Morgan fingerprint density at radius 1 is 1.05 bits per heavy atom. The fourth-order valence-electron chi connectivity index (χ4n) is 7.16. The van der Waals surface area contributed by atoms with Crippen molar-refractivity contribution in [3.63, 3.8) is 0 Å². The molecule has 2 aliphatic carbocycles. The van der Waals surface area contributed by atoms with Crippen molar-refractivity contribution in [3.8, 4) is 11.5 Å². The number of hydrogen-bond donors (Lipinski definition) is 1. The lowest BCUT2D eigenvalue weighted by Crippen LogP contribution is -2.38. The van der Waals surface area contributed by atoms with Gasteiger partial charge in [-0.1, -0.05) is 69.0 Å². The maximum atomic E-state index is 13.1. The molecule has 39 heavy (non-hydrogen) atoms. The number of aliphatic hydroxyl groups excluding tert-OH is 1. The second-order valence-electron chi connectivity index (χ2n) is 12.3. The number of likely N-dealkylation sites (tertiary alicyclic amines) is 1. The first kappa shape index (κ1) is 28.0. The normalized spacial score (nSPS) is 29.5. The van der Waals surface area contributed by atoms with Crippen molar-refractivity contribution in [2.24, 2.45) is 17.3 Å². The highest BCUT2D eigenvalue weighted by molar-refractivity contribution is 5.78. The van der Waals surface area contributed by atoms with Gasteiger partial charge in [0.2, 0.25) is 5.91 Å². The lowest BCUT2D eigenvalue weighted by molar-refractivity contribution is -0.136. The molecule has 1 saturated heterocycles. The van der Waals surface area contributed by atoms with Crippen molar-refractivity contribution < 1.29 is 24.1 Å². The van der Waals surface area contributed by atoms with Gasteiger partial charge in [-0.3, -0.25) is 4.79 Å². The Kier molecular flexibility index (Phi) is 8.82. The van der Waals surface area contributed by atoms with Crippen LogP contribution in [0.25, 0.3) is 0 Å². The maximum absolute atomic E-state index is 13.1. The predicted octanol–water partition coefficient (Wildman–Crippen LogP) is 5.96. The SMILES string of the molecule is COc1ccc([C@@H]2CN(C(=O)COCc3ccccc3)C[C@@]2(C)[C@@H](C)O)cc1OC1CCC2CCCCC2C1. The lowest BCUT2D eigenvalue weighted by Gasteiger charge is -2.39. The van der Waals surface area contributed by atoms with Gasteiger partial charge in [-0.25, -0.2) is 0 Å². The number of amides is 1. The zero-order chi connectivity index (χ0) is 27.4. The molecule has 6 atom stereocenters. The van der Waals surface area contributed by atoms with Gasteiger partial charge in [-0.05, 0) is 61.3 Å². The molecule has 1 aliphatic heterocycles. The molecule has 6 heteroatoms. The second-order valence-corrected chi connectivity index (χ2v) is 12.3. The van der Waals surface area contributed by atoms with Gasteiger partial charge in [0.25, 0.3) is 0 Å². The molecule has 6 nitrogen and oxygen atoms in total. The van der Waals surface area contributed by atoms with Crippen molar-refractivity contribution >= 4 is 5.91 Å². The molecular weight excluding hydrogens is 490 g/mol. The highest BCUT2D eigenvalue weighted by atomic mass is 16.5. The number of nitrogens with zero attached hydrogens (tertiary/aromatic N) is 1. The standard InChI is InChI=1S/C33H45NO5/c1-23(35)33(2)22-34(32(36)21-38-20-24-9-5-4-6-10-24)19-29(33)27-14-16-30(37-3)31(18-27)39-28-15-13-25-11-7-8-12-26(25)17-28/h4-6,9-10,14,16,18,23,25-26,28-29,35H,7-8,11-13,15,17,19-22H2,1-3H3/t23-,25?,26?,28?,29+,33+/m1/s1. The smallest absolute Gasteiger partial charge is 0.248 e. The highest BCUT2D eigenvalue weighted by Crippen LogP contribution is 2.48. The van der Waals surface area contributed by atoms with Crippen LogP contribution in [0.5, 0.6) is 11.5 Å². The van der Waals surface area contributed by atoms with Gasteiger partial charge in [0.1, 0.15) is 6.61 Å². The third-order valence-electron chi connectivity index (χ3n) is 9.75. The van der Waals surface area contributed by atoms with E-state index in [1.165, 1.54) is 32.1 Å². The van der Waals surface area contributed by atoms with Crippen LogP contribution in [-0.2, 0) is 16.1 Å². The first-order chi connectivity index (χ1) is 18.9. The van der Waals surface area contributed by atoms with Crippen molar-refractivity contribution in [2.75, 3.05) is 26.8 Å². The van der Waals surface area contributed by atoms with Crippen LogP contribution in [0.4, 0.5) is 0 Å². The summed E-state index contributed by atoms with van der Waals surface area (Å²) in [5.74, 6) is 3.09. The van der Waals surface area contributed by atoms with Crippen LogP contribution in [0.15, 0.2) is 48.5 Å². The number of benzene rings is 2. The van der Waals surface area contributed by atoms with Crippen LogP contribution in [0, 0.1) is 17.3 Å². The van der Waals surface area contributed by atoms with E-state index in [-0.39, 0.29) is 24.5 Å². The first-order valence-corrected chi connectivity index (χ1v) is 14.8. The van der Waals surface area contributed by atoms with Crippen LogP contribution in [0.3, 0.4) is 0 Å². The monoisotopic (exact) mass is 535 g/mol. The summed E-state index contributed by atoms with van der Waals surface area (Å²) >= 11 is 0. The zero-order valence-electron chi connectivity index (χ0n) is 23.8. The predicted molar refractivity (Wildman–Crippen MR) is 152 cm³/mol. The van der Waals surface area contributed by atoms with Crippen molar-refractivity contribution in [1.82, 2.24) is 4.90 Å². The fourth-order valence-corrected chi connectivity index (χ4v) is 7.16. The number of aliphatic hydroxyl groups is 1. The summed E-state index contributed by atoms with van der Waals surface area (Å²) in [4.78, 5) is 15.0. The van der Waals surface area contributed by atoms with Gasteiger partial charge in [-0.15, -0.1) is 0 Å². The number of methoxy groups -OCH3 is 1. The molecular formula is C33H45NO5. The molecule has 3 fully saturated rings. The Labute approximate surface area is 233 Å². The number of hydrogen-bond acceptors (Lipinski definition) is 5. The third-order valence-corrected chi connectivity index (χ3v) is 9.75. The molecule has 2 saturated carbocycles. The van der Waals surface area contributed by atoms with Crippen LogP contribution in [0.2, 0.25) is 0 Å². The summed E-state index contributed by atoms with van der Waals surface area (Å²) in [7, 11) is 1.69. The summed E-state index contributed by atoms with van der Waals surface area (Å²) in [6, 6.07) is 16.0. The summed E-state index contributed by atoms with van der Waals surface area (Å²) in [5, 5.41) is 10.9. The van der Waals surface area contributed by atoms with Crippen molar-refractivity contribution in [3.05, 3.63) is 59.7 Å². The Hall–Kier alpha value is -2.57. The topological polar surface area (TPSA) is 68.2 Å². The van der Waals surface area contributed by atoms with Gasteiger partial charge in [0, 0.05) is 24.4 Å². The van der Waals surface area contributed by atoms with Gasteiger partial charge in [0.15, 0.2) is 11.5 Å². The van der Waals surface area contributed by atoms with Gasteiger partial charge in [-0.2, -0.15) is 0 Å². The molecule has 0 bridgehead atoms. The number of rotatable bonds is 9. The van der Waals surface area contributed by atoms with E-state index >= 15 is 0 Å². The van der Waals surface area contributed by atoms with Crippen molar-refractivity contribution in [1.29, 1.82) is 0 Å². The van der Waals surface area contributed by atoms with Gasteiger partial charge in [0.05, 0.1) is 25.9 Å². The molecule has 2 aromatic rings. The third kappa shape index (κ3) is 6.28. The lowest BCUT2D eigenvalue weighted by atomic mass is 9.70. The number of carbonyl (C=O) groups is 1. The largest absolute Gasteiger partial charge is 0.493 e. The quantitative estimate of drug-likeness (QED) is 0.429. The average Bonchev–Trinajstić information content (AvgIpc) is 3.32. The molecule has 0 aromatic heterocycles. The second kappa shape index (κ2) is 12.3. The highest BCUT2D eigenvalue weighted by Gasteiger charge is 2.48. The van der Waals surface area contributed by atoms with E-state index in [9.17, 15) is 9.90 Å². The van der Waals surface area contributed by atoms with Crippen molar-refractivity contribution in [2.45, 2.75) is 83.5 Å². The Balaban J connectivity index is 1.28. The molecule has 5 rings (SSSR count). The maximum Gasteiger partial charge on any atom is 0.248 e. The Morgan fingerprint density at radius 2 is 1.82 bits per heavy atom. The molecule has 1 heterocycles. The van der Waals surface area contributed by atoms with Gasteiger partial charge < -0.3 is 24.2 Å². The molecule has 212 valence electrons. The van der Waals surface area contributed by atoms with Crippen LogP contribution in [-0.4, -0.2) is 54.9 Å². The van der Waals surface area contributed by atoms with Crippen LogP contribution >= 0.6 is 0 Å². The summed E-state index contributed by atoms with van der Waals surface area (Å²) < 4.78 is 18.1. The molecule has 0 radical (unpaired) electrons. The summed E-state index contributed by atoms with van der Waals surface area (Å²) in [6.45, 7) is 5.36. The minimum absolute atomic E-state index is 0.0261. The van der Waals surface area contributed by atoms with E-state index in [4.69, 9.17) is 14.2 Å².